The van der Waals surface area contributed by atoms with Crippen molar-refractivity contribution in [2.24, 2.45) is 9.98 Å². The second kappa shape index (κ2) is 1.39. The molecule has 0 spiro atoms. The van der Waals surface area contributed by atoms with E-state index < -0.39 is 0 Å². The van der Waals surface area contributed by atoms with Gasteiger partial charge in [-0.05, 0) is 0 Å². The van der Waals surface area contributed by atoms with Crippen molar-refractivity contribution in [3.63, 3.8) is 0 Å². The Bertz CT molecular complexity index is 103. The van der Waals surface area contributed by atoms with Crippen molar-refractivity contribution >= 4 is 23.0 Å². The summed E-state index contributed by atoms with van der Waals surface area (Å²) in [6.07, 6.45) is 1.54. The Kier molecular flexibility index (Phi) is 0.881. The Balaban J connectivity index is 2.68. The number of nitrogens with zero attached hydrogens (tertiary/aromatic N) is 2. The summed E-state index contributed by atoms with van der Waals surface area (Å²) >= 11 is 5.31. The smallest absolute Gasteiger partial charge is 0.143 e. The molecule has 32 valence electrons. The van der Waals surface area contributed by atoms with Crippen LogP contribution in [0.4, 0.5) is 0 Å². The van der Waals surface area contributed by atoms with Gasteiger partial charge in [-0.2, -0.15) is 0 Å². The molecular formula is C3H3ClN2. The van der Waals surface area contributed by atoms with Crippen LogP contribution in [0.25, 0.3) is 0 Å². The summed E-state index contributed by atoms with van der Waals surface area (Å²) in [7, 11) is 0. The molecule has 1 heterocycles. The van der Waals surface area contributed by atoms with Gasteiger partial charge >= 0.3 is 0 Å². The van der Waals surface area contributed by atoms with Crippen molar-refractivity contribution in [2.75, 3.05) is 6.67 Å². The molecule has 0 aromatic heterocycles. The lowest BCUT2D eigenvalue weighted by atomic mass is 10.8. The van der Waals surface area contributed by atoms with E-state index in [4.69, 9.17) is 11.6 Å². The summed E-state index contributed by atoms with van der Waals surface area (Å²) in [6, 6.07) is 0. The first kappa shape index (κ1) is 3.81. The lowest BCUT2D eigenvalue weighted by molar-refractivity contribution is 1.11. The number of halogens is 1. The van der Waals surface area contributed by atoms with E-state index in [1.54, 1.807) is 6.21 Å². The third kappa shape index (κ3) is 0.571. The highest BCUT2D eigenvalue weighted by Crippen LogP contribution is 1.89. The monoisotopic (exact) mass is 102 g/mol. The SMILES string of the molecule is ClC1=NCN=C1. The number of rotatable bonds is 0. The minimum atomic E-state index is 0.509. The molecule has 0 unspecified atom stereocenters. The summed E-state index contributed by atoms with van der Waals surface area (Å²) in [6.45, 7) is 0.513. The van der Waals surface area contributed by atoms with Gasteiger partial charge in [0.05, 0.1) is 6.21 Å². The zero-order valence-electron chi connectivity index (χ0n) is 3.06. The minimum absolute atomic E-state index is 0.509. The number of aliphatic imine (C=N–C) groups is 2. The van der Waals surface area contributed by atoms with Gasteiger partial charge in [0.2, 0.25) is 0 Å². The molecule has 0 saturated carbocycles. The molecule has 0 radical (unpaired) electrons. The van der Waals surface area contributed by atoms with Crippen molar-refractivity contribution in [3.8, 4) is 0 Å². The largest absolute Gasteiger partial charge is 0.267 e. The first-order valence-electron chi connectivity index (χ1n) is 1.59. The lowest BCUT2D eigenvalue weighted by Gasteiger charge is -1.66. The molecular weight excluding hydrogens is 99.5 g/mol. The van der Waals surface area contributed by atoms with Gasteiger partial charge in [0, 0.05) is 0 Å². The summed E-state index contributed by atoms with van der Waals surface area (Å²) in [5.74, 6) is 0. The van der Waals surface area contributed by atoms with Crippen molar-refractivity contribution in [1.82, 2.24) is 0 Å². The van der Waals surface area contributed by atoms with Gasteiger partial charge in [0.15, 0.2) is 0 Å². The molecule has 0 bridgehead atoms. The highest BCUT2D eigenvalue weighted by molar-refractivity contribution is 6.80. The predicted molar refractivity (Wildman–Crippen MR) is 26.6 cm³/mol. The van der Waals surface area contributed by atoms with Crippen molar-refractivity contribution in [2.45, 2.75) is 0 Å². The average Bonchev–Trinajstić information content (AvgIpc) is 1.86. The standard InChI is InChI=1S/C3H3ClN2/c4-3-1-5-2-6-3/h1H,2H2. The lowest BCUT2D eigenvalue weighted by Crippen LogP contribution is -1.76. The predicted octanol–water partition coefficient (Wildman–Crippen LogP) is 0.666. The van der Waals surface area contributed by atoms with Crippen LogP contribution in [0.1, 0.15) is 0 Å². The van der Waals surface area contributed by atoms with Crippen LogP contribution in [-0.2, 0) is 0 Å². The molecule has 0 atom stereocenters. The van der Waals surface area contributed by atoms with Crippen molar-refractivity contribution < 1.29 is 0 Å². The topological polar surface area (TPSA) is 24.7 Å². The van der Waals surface area contributed by atoms with Crippen LogP contribution in [-0.4, -0.2) is 18.1 Å². The molecule has 1 aliphatic rings. The molecule has 0 fully saturated rings. The highest BCUT2D eigenvalue weighted by atomic mass is 35.5. The molecule has 0 aromatic rings. The number of hydrogen-bond donors (Lipinski definition) is 0. The molecule has 2 nitrogen and oxygen atoms in total. The molecule has 0 amide bonds. The molecule has 0 saturated heterocycles. The summed E-state index contributed by atoms with van der Waals surface area (Å²) < 4.78 is 0. The highest BCUT2D eigenvalue weighted by Gasteiger charge is 1.89. The Morgan fingerprint density at radius 3 is 2.83 bits per heavy atom. The van der Waals surface area contributed by atoms with Crippen LogP contribution in [0, 0.1) is 0 Å². The normalized spacial score (nSPS) is 18.5. The summed E-state index contributed by atoms with van der Waals surface area (Å²) in [5.41, 5.74) is 0. The van der Waals surface area contributed by atoms with Crippen LogP contribution >= 0.6 is 11.6 Å². The van der Waals surface area contributed by atoms with Gasteiger partial charge in [-0.3, -0.25) is 4.99 Å². The van der Waals surface area contributed by atoms with E-state index in [9.17, 15) is 0 Å². The summed E-state index contributed by atoms with van der Waals surface area (Å²) in [5, 5.41) is 0.509. The Hall–Kier alpha value is -0.370. The molecule has 1 aliphatic heterocycles. The second-order valence-electron chi connectivity index (χ2n) is 0.934. The zero-order valence-corrected chi connectivity index (χ0v) is 3.81. The minimum Gasteiger partial charge on any atom is -0.267 e. The Morgan fingerprint density at radius 1 is 1.83 bits per heavy atom. The van der Waals surface area contributed by atoms with Gasteiger partial charge in [-0.15, -0.1) is 0 Å². The van der Waals surface area contributed by atoms with Crippen LogP contribution in [0.5, 0.6) is 0 Å². The van der Waals surface area contributed by atoms with Gasteiger partial charge in [-0.25, -0.2) is 4.99 Å². The fraction of sp³-hybridized carbons (Fsp3) is 0.333. The first-order valence-corrected chi connectivity index (χ1v) is 1.97. The maximum absolute atomic E-state index is 5.31. The van der Waals surface area contributed by atoms with Gasteiger partial charge in [0.25, 0.3) is 0 Å². The van der Waals surface area contributed by atoms with E-state index in [2.05, 4.69) is 9.98 Å². The van der Waals surface area contributed by atoms with Crippen LogP contribution in [0.2, 0.25) is 0 Å². The van der Waals surface area contributed by atoms with E-state index in [0.717, 1.165) is 0 Å². The van der Waals surface area contributed by atoms with Crippen molar-refractivity contribution in [3.05, 3.63) is 0 Å². The van der Waals surface area contributed by atoms with E-state index in [1.165, 1.54) is 0 Å². The summed E-state index contributed by atoms with van der Waals surface area (Å²) in [4.78, 5) is 7.40. The Labute approximate surface area is 40.6 Å². The van der Waals surface area contributed by atoms with Crippen LogP contribution in [0.3, 0.4) is 0 Å². The first-order chi connectivity index (χ1) is 2.89. The molecule has 0 N–H and O–H groups in total. The van der Waals surface area contributed by atoms with Gasteiger partial charge in [0.1, 0.15) is 11.8 Å². The Morgan fingerprint density at radius 2 is 2.67 bits per heavy atom. The van der Waals surface area contributed by atoms with Crippen LogP contribution < -0.4 is 0 Å². The van der Waals surface area contributed by atoms with E-state index in [1.807, 2.05) is 0 Å². The third-order valence-corrected chi connectivity index (χ3v) is 0.718. The second-order valence-corrected chi connectivity index (χ2v) is 1.32. The maximum Gasteiger partial charge on any atom is 0.143 e. The van der Waals surface area contributed by atoms with Gasteiger partial charge < -0.3 is 0 Å². The fourth-order valence-corrected chi connectivity index (χ4v) is 0.388. The third-order valence-electron chi connectivity index (χ3n) is 0.501. The maximum atomic E-state index is 5.31. The van der Waals surface area contributed by atoms with Gasteiger partial charge in [-0.1, -0.05) is 11.6 Å². The molecule has 1 rings (SSSR count). The van der Waals surface area contributed by atoms with Crippen LogP contribution in [0.15, 0.2) is 9.98 Å². The van der Waals surface area contributed by atoms with E-state index in [-0.39, 0.29) is 0 Å². The molecule has 0 aliphatic carbocycles. The number of hydrogen-bond acceptors (Lipinski definition) is 2. The molecule has 0 aromatic carbocycles. The average molecular weight is 103 g/mol. The molecule has 3 heteroatoms. The van der Waals surface area contributed by atoms with E-state index >= 15 is 0 Å². The molecule has 6 heavy (non-hydrogen) atoms. The quantitative estimate of drug-likeness (QED) is 0.430. The zero-order chi connectivity index (χ0) is 4.41. The fourth-order valence-electron chi connectivity index (χ4n) is 0.265. The van der Waals surface area contributed by atoms with Crippen molar-refractivity contribution in [1.29, 1.82) is 0 Å². The van der Waals surface area contributed by atoms with E-state index in [0.29, 0.717) is 11.8 Å².